The summed E-state index contributed by atoms with van der Waals surface area (Å²) >= 11 is 0. The number of fused-ring (bicyclic) bond motifs is 13. The number of amides is 1. The largest absolute Gasteiger partial charge is 0.497 e. The molecular formula is C43H37N3O6. The van der Waals surface area contributed by atoms with Gasteiger partial charge in [0.25, 0.3) is 5.91 Å². The number of benzene rings is 5. The maximum atomic E-state index is 14.7. The van der Waals surface area contributed by atoms with Gasteiger partial charge in [-0.2, -0.15) is 0 Å². The number of aromatic nitrogens is 2. The lowest BCUT2D eigenvalue weighted by Gasteiger charge is -2.24. The second-order valence-electron chi connectivity index (χ2n) is 14.2. The van der Waals surface area contributed by atoms with Crippen LogP contribution in [0.25, 0.3) is 43.6 Å². The van der Waals surface area contributed by atoms with Gasteiger partial charge in [0.15, 0.2) is 11.5 Å². The van der Waals surface area contributed by atoms with E-state index in [1.165, 1.54) is 0 Å². The molecule has 0 N–H and O–H groups in total. The molecule has 5 aromatic carbocycles. The molecule has 4 heterocycles. The number of carbonyl (C=O) groups excluding carboxylic acids is 2. The van der Waals surface area contributed by atoms with Gasteiger partial charge >= 0.3 is 5.97 Å². The van der Waals surface area contributed by atoms with Gasteiger partial charge in [0.2, 0.25) is 0 Å². The summed E-state index contributed by atoms with van der Waals surface area (Å²) < 4.78 is 27.6. The average molecular weight is 692 g/mol. The summed E-state index contributed by atoms with van der Waals surface area (Å²) in [5, 5.41) is 4.35. The minimum atomic E-state index is -0.331. The van der Waals surface area contributed by atoms with Gasteiger partial charge < -0.3 is 33.0 Å². The summed E-state index contributed by atoms with van der Waals surface area (Å²) in [6, 6.07) is 30.5. The molecule has 260 valence electrons. The Labute approximate surface area is 299 Å². The van der Waals surface area contributed by atoms with Crippen LogP contribution < -0.4 is 14.2 Å². The molecule has 0 radical (unpaired) electrons. The number of rotatable bonds is 8. The van der Waals surface area contributed by atoms with E-state index in [4.69, 9.17) is 18.9 Å². The number of carbonyl (C=O) groups is 2. The van der Waals surface area contributed by atoms with Crippen LogP contribution in [0, 0.1) is 0 Å². The van der Waals surface area contributed by atoms with Crippen LogP contribution in [-0.2, 0) is 29.0 Å². The maximum absolute atomic E-state index is 14.7. The van der Waals surface area contributed by atoms with Gasteiger partial charge in [-0.25, -0.2) is 0 Å². The smallest absolute Gasteiger partial charge is 0.310 e. The first-order valence-electron chi connectivity index (χ1n) is 17.8. The first-order valence-corrected chi connectivity index (χ1v) is 17.8. The number of esters is 1. The fraction of sp³-hybridized carbons (Fsp3) is 0.256. The first-order chi connectivity index (χ1) is 25.5. The minimum Gasteiger partial charge on any atom is -0.497 e. The SMILES string of the molecule is COc1ccc(CN2Cc3c(c4c5ccccc5n5c4c4c3c3ccccc3n4[C@@H]3C[C@H]5C[C@H]3OC(=O)Cc3ccc(OC)c(OC)c3)C2=O)cc1. The van der Waals surface area contributed by atoms with Gasteiger partial charge in [0.1, 0.15) is 11.9 Å². The van der Waals surface area contributed by atoms with E-state index in [1.807, 2.05) is 47.4 Å². The zero-order chi connectivity index (χ0) is 35.2. The van der Waals surface area contributed by atoms with Crippen LogP contribution in [0.15, 0.2) is 91.0 Å². The molecule has 2 bridgehead atoms. The Morgan fingerprint density at radius 3 is 2.13 bits per heavy atom. The molecule has 1 aliphatic carbocycles. The molecule has 0 saturated heterocycles. The molecule has 3 aliphatic rings. The summed E-state index contributed by atoms with van der Waals surface area (Å²) in [6.45, 7) is 1.01. The summed E-state index contributed by atoms with van der Waals surface area (Å²) in [7, 11) is 4.85. The minimum absolute atomic E-state index is 0.0591. The van der Waals surface area contributed by atoms with E-state index in [9.17, 15) is 9.59 Å². The Balaban J connectivity index is 1.13. The summed E-state index contributed by atoms with van der Waals surface area (Å²) in [6.07, 6.45) is 1.29. The lowest BCUT2D eigenvalue weighted by molar-refractivity contribution is -0.149. The predicted octanol–water partition coefficient (Wildman–Crippen LogP) is 8.13. The normalized spacial score (nSPS) is 18.9. The number of methoxy groups -OCH3 is 3. The Morgan fingerprint density at radius 2 is 1.40 bits per heavy atom. The predicted molar refractivity (Wildman–Crippen MR) is 199 cm³/mol. The van der Waals surface area contributed by atoms with Crippen molar-refractivity contribution in [3.63, 3.8) is 0 Å². The Morgan fingerprint density at radius 1 is 0.731 bits per heavy atom. The first kappa shape index (κ1) is 30.8. The molecule has 10 rings (SSSR count). The standard InChI is InChI=1S/C43H37N3O6/c1-49-27-15-12-24(13-16-27)22-44-23-30-38-28-8-4-7-11-32(28)46-33-20-26(21-35(33)52-37(47)19-25-14-17-34(50-2)36(18-25)51-3)45-31-10-6-5-9-29(31)39(40(30)43(44)48)42(45)41(38)46/h4-18,26,33,35H,19-23H2,1-3H3/t26-,33+,35+/m0/s1. The topological polar surface area (TPSA) is 84.2 Å². The number of para-hydroxylation sites is 2. The number of nitrogens with zero attached hydrogens (tertiary/aromatic N) is 3. The molecule has 2 aliphatic heterocycles. The second-order valence-corrected chi connectivity index (χ2v) is 14.2. The van der Waals surface area contributed by atoms with Gasteiger partial charge in [-0.1, -0.05) is 54.6 Å². The van der Waals surface area contributed by atoms with Gasteiger partial charge in [0.05, 0.1) is 50.4 Å². The van der Waals surface area contributed by atoms with Gasteiger partial charge in [-0.05, 0) is 59.5 Å². The van der Waals surface area contributed by atoms with E-state index in [-0.39, 0.29) is 36.5 Å². The Bertz CT molecular complexity index is 2620. The number of hydrogen-bond donors (Lipinski definition) is 0. The molecular weight excluding hydrogens is 654 g/mol. The zero-order valence-corrected chi connectivity index (χ0v) is 29.2. The van der Waals surface area contributed by atoms with E-state index in [1.54, 1.807) is 21.3 Å². The summed E-state index contributed by atoms with van der Waals surface area (Å²) in [4.78, 5) is 30.3. The van der Waals surface area contributed by atoms with Crippen LogP contribution in [0.5, 0.6) is 17.2 Å². The van der Waals surface area contributed by atoms with E-state index in [0.717, 1.165) is 78.0 Å². The fourth-order valence-electron chi connectivity index (χ4n) is 9.37. The van der Waals surface area contributed by atoms with Crippen molar-refractivity contribution in [3.05, 3.63) is 113 Å². The zero-order valence-electron chi connectivity index (χ0n) is 29.2. The van der Waals surface area contributed by atoms with Crippen LogP contribution in [0.1, 0.15) is 52.0 Å². The molecule has 7 aromatic rings. The van der Waals surface area contributed by atoms with Gasteiger partial charge in [-0.15, -0.1) is 0 Å². The van der Waals surface area contributed by atoms with Crippen molar-refractivity contribution in [2.24, 2.45) is 0 Å². The van der Waals surface area contributed by atoms with Crippen molar-refractivity contribution in [1.29, 1.82) is 0 Å². The van der Waals surface area contributed by atoms with Crippen molar-refractivity contribution in [2.75, 3.05) is 21.3 Å². The lowest BCUT2D eigenvalue weighted by Crippen LogP contribution is -2.26. The third-order valence-electron chi connectivity index (χ3n) is 11.5. The Hall–Kier alpha value is -5.96. The molecule has 9 heteroatoms. The third kappa shape index (κ3) is 4.34. The average Bonchev–Trinajstić information content (AvgIpc) is 3.88. The molecule has 52 heavy (non-hydrogen) atoms. The highest BCUT2D eigenvalue weighted by atomic mass is 16.5. The van der Waals surface area contributed by atoms with Crippen molar-refractivity contribution < 1.29 is 28.5 Å². The third-order valence-corrected chi connectivity index (χ3v) is 11.5. The second kappa shape index (κ2) is 11.5. The molecule has 3 atom stereocenters. The molecule has 9 nitrogen and oxygen atoms in total. The highest BCUT2D eigenvalue weighted by Gasteiger charge is 2.46. The van der Waals surface area contributed by atoms with Crippen molar-refractivity contribution in [3.8, 4) is 17.2 Å². The highest BCUT2D eigenvalue weighted by molar-refractivity contribution is 6.31. The van der Waals surface area contributed by atoms with Crippen molar-refractivity contribution in [1.82, 2.24) is 14.0 Å². The highest BCUT2D eigenvalue weighted by Crippen LogP contribution is 2.55. The quantitative estimate of drug-likeness (QED) is 0.150. The van der Waals surface area contributed by atoms with Crippen LogP contribution in [0.2, 0.25) is 0 Å². The fourth-order valence-corrected chi connectivity index (χ4v) is 9.37. The van der Waals surface area contributed by atoms with Crippen molar-refractivity contribution >= 4 is 55.5 Å². The number of ether oxygens (including phenoxy) is 4. The van der Waals surface area contributed by atoms with E-state index in [0.29, 0.717) is 31.0 Å². The van der Waals surface area contributed by atoms with Gasteiger partial charge in [0, 0.05) is 58.1 Å². The lowest BCUT2D eigenvalue weighted by atomic mass is 9.97. The summed E-state index contributed by atoms with van der Waals surface area (Å²) in [5.41, 5.74) is 8.16. The molecule has 1 saturated carbocycles. The van der Waals surface area contributed by atoms with Gasteiger partial charge in [-0.3, -0.25) is 9.59 Å². The maximum Gasteiger partial charge on any atom is 0.310 e. The molecule has 1 fully saturated rings. The monoisotopic (exact) mass is 691 g/mol. The van der Waals surface area contributed by atoms with Crippen LogP contribution >= 0.6 is 0 Å². The number of hydrogen-bond acceptors (Lipinski definition) is 6. The Kier molecular flexibility index (Phi) is 6.84. The van der Waals surface area contributed by atoms with E-state index >= 15 is 0 Å². The van der Waals surface area contributed by atoms with E-state index < -0.39 is 0 Å². The van der Waals surface area contributed by atoms with Crippen LogP contribution in [-0.4, -0.2) is 53.3 Å². The van der Waals surface area contributed by atoms with Crippen LogP contribution in [0.3, 0.4) is 0 Å². The van der Waals surface area contributed by atoms with Crippen LogP contribution in [0.4, 0.5) is 0 Å². The van der Waals surface area contributed by atoms with Crippen molar-refractivity contribution in [2.45, 2.75) is 50.5 Å². The molecule has 0 spiro atoms. The summed E-state index contributed by atoms with van der Waals surface area (Å²) in [5.74, 6) is 1.77. The molecule has 1 amide bonds. The van der Waals surface area contributed by atoms with E-state index in [2.05, 4.69) is 57.7 Å². The molecule has 2 aromatic heterocycles. The molecule has 0 unspecified atom stereocenters.